The van der Waals surface area contributed by atoms with Gasteiger partial charge in [-0.15, -0.1) is 0 Å². The van der Waals surface area contributed by atoms with E-state index < -0.39 is 6.10 Å². The summed E-state index contributed by atoms with van der Waals surface area (Å²) in [6.45, 7) is 5.61. The highest BCUT2D eigenvalue weighted by molar-refractivity contribution is 5.37. The summed E-state index contributed by atoms with van der Waals surface area (Å²) in [4.78, 5) is 0. The summed E-state index contributed by atoms with van der Waals surface area (Å²) in [6, 6.07) is 7.83. The smallest absolute Gasteiger partial charge is 0.181 e. The predicted octanol–water partition coefficient (Wildman–Crippen LogP) is 2.31. The molecule has 2 N–H and O–H groups in total. The standard InChI is InChI=1S/C12H16N2O/c1-8-6-11(10(3)14)4-5-12(8)15-9(2)7-13/h4-6,9-10H,14H2,1-3H3/t9?,10-/m0/s1. The Morgan fingerprint density at radius 1 is 1.40 bits per heavy atom. The number of nitriles is 1. The molecule has 3 heteroatoms. The first-order valence-electron chi connectivity index (χ1n) is 4.97. The third-order valence-electron chi connectivity index (χ3n) is 2.21. The Morgan fingerprint density at radius 2 is 2.07 bits per heavy atom. The van der Waals surface area contributed by atoms with Crippen molar-refractivity contribution in [2.75, 3.05) is 0 Å². The molecule has 0 saturated carbocycles. The lowest BCUT2D eigenvalue weighted by Gasteiger charge is -2.13. The molecule has 1 unspecified atom stereocenters. The van der Waals surface area contributed by atoms with E-state index >= 15 is 0 Å². The molecule has 80 valence electrons. The van der Waals surface area contributed by atoms with Crippen molar-refractivity contribution < 1.29 is 4.74 Å². The van der Waals surface area contributed by atoms with Gasteiger partial charge in [0, 0.05) is 6.04 Å². The molecule has 1 aromatic rings. The van der Waals surface area contributed by atoms with Gasteiger partial charge >= 0.3 is 0 Å². The Hall–Kier alpha value is -1.53. The van der Waals surface area contributed by atoms with Gasteiger partial charge in [-0.2, -0.15) is 5.26 Å². The van der Waals surface area contributed by atoms with Crippen molar-refractivity contribution in [2.45, 2.75) is 32.9 Å². The van der Waals surface area contributed by atoms with E-state index in [-0.39, 0.29) is 6.04 Å². The summed E-state index contributed by atoms with van der Waals surface area (Å²) in [6.07, 6.45) is -0.426. The van der Waals surface area contributed by atoms with Crippen LogP contribution in [0.25, 0.3) is 0 Å². The molecule has 0 amide bonds. The predicted molar refractivity (Wildman–Crippen MR) is 59.5 cm³/mol. The van der Waals surface area contributed by atoms with Crippen LogP contribution in [0.2, 0.25) is 0 Å². The number of aryl methyl sites for hydroxylation is 1. The van der Waals surface area contributed by atoms with Crippen LogP contribution >= 0.6 is 0 Å². The molecule has 0 spiro atoms. The minimum atomic E-state index is -0.426. The van der Waals surface area contributed by atoms with Gasteiger partial charge in [-0.3, -0.25) is 0 Å². The first-order valence-corrected chi connectivity index (χ1v) is 4.97. The SMILES string of the molecule is Cc1cc([C@H](C)N)ccc1OC(C)C#N. The van der Waals surface area contributed by atoms with Gasteiger partial charge in [-0.05, 0) is 38.0 Å². The van der Waals surface area contributed by atoms with Crippen LogP contribution in [0, 0.1) is 18.3 Å². The minimum Gasteiger partial charge on any atom is -0.476 e. The van der Waals surface area contributed by atoms with E-state index in [9.17, 15) is 0 Å². The molecule has 0 radical (unpaired) electrons. The van der Waals surface area contributed by atoms with Gasteiger partial charge in [0.25, 0.3) is 0 Å². The molecule has 0 fully saturated rings. The topological polar surface area (TPSA) is 59.0 Å². The van der Waals surface area contributed by atoms with Crippen molar-refractivity contribution in [3.05, 3.63) is 29.3 Å². The molecule has 3 nitrogen and oxygen atoms in total. The normalized spacial score (nSPS) is 14.1. The first kappa shape index (κ1) is 11.5. The molecule has 2 atom stereocenters. The van der Waals surface area contributed by atoms with Gasteiger partial charge in [0.05, 0.1) is 0 Å². The molecule has 0 aliphatic carbocycles. The highest BCUT2D eigenvalue weighted by atomic mass is 16.5. The highest BCUT2D eigenvalue weighted by Crippen LogP contribution is 2.22. The molecule has 15 heavy (non-hydrogen) atoms. The summed E-state index contributed by atoms with van der Waals surface area (Å²) >= 11 is 0. The maximum absolute atomic E-state index is 8.63. The zero-order chi connectivity index (χ0) is 11.4. The fourth-order valence-corrected chi connectivity index (χ4v) is 1.30. The van der Waals surface area contributed by atoms with E-state index in [0.29, 0.717) is 0 Å². The lowest BCUT2D eigenvalue weighted by molar-refractivity contribution is 0.274. The molecule has 0 bridgehead atoms. The zero-order valence-corrected chi connectivity index (χ0v) is 9.32. The Kier molecular flexibility index (Phi) is 3.70. The summed E-state index contributed by atoms with van der Waals surface area (Å²) < 4.78 is 5.43. The zero-order valence-electron chi connectivity index (χ0n) is 9.32. The first-order chi connectivity index (χ1) is 7.04. The Morgan fingerprint density at radius 3 is 2.53 bits per heavy atom. The number of hydrogen-bond donors (Lipinski definition) is 1. The average Bonchev–Trinajstić information content (AvgIpc) is 2.20. The Bertz CT molecular complexity index is 380. The number of hydrogen-bond acceptors (Lipinski definition) is 3. The monoisotopic (exact) mass is 204 g/mol. The summed E-state index contributed by atoms with van der Waals surface area (Å²) in [5, 5.41) is 8.63. The Labute approximate surface area is 90.5 Å². The quantitative estimate of drug-likeness (QED) is 0.821. The fourth-order valence-electron chi connectivity index (χ4n) is 1.30. The van der Waals surface area contributed by atoms with E-state index in [2.05, 4.69) is 0 Å². The third kappa shape index (κ3) is 2.97. The lowest BCUT2D eigenvalue weighted by Crippen LogP contribution is -2.10. The molecule has 0 heterocycles. The van der Waals surface area contributed by atoms with Gasteiger partial charge in [-0.1, -0.05) is 12.1 Å². The second-order valence-electron chi connectivity index (χ2n) is 3.70. The van der Waals surface area contributed by atoms with Crippen LogP contribution in [-0.2, 0) is 0 Å². The van der Waals surface area contributed by atoms with Crippen molar-refractivity contribution in [1.82, 2.24) is 0 Å². The van der Waals surface area contributed by atoms with Crippen molar-refractivity contribution >= 4 is 0 Å². The van der Waals surface area contributed by atoms with Crippen molar-refractivity contribution in [3.63, 3.8) is 0 Å². The maximum atomic E-state index is 8.63. The highest BCUT2D eigenvalue weighted by Gasteiger charge is 2.07. The van der Waals surface area contributed by atoms with Gasteiger partial charge in [-0.25, -0.2) is 0 Å². The van der Waals surface area contributed by atoms with Crippen LogP contribution < -0.4 is 10.5 Å². The number of ether oxygens (including phenoxy) is 1. The second-order valence-corrected chi connectivity index (χ2v) is 3.70. The van der Waals surface area contributed by atoms with E-state index in [1.165, 1.54) is 0 Å². The van der Waals surface area contributed by atoms with Crippen LogP contribution in [0.5, 0.6) is 5.75 Å². The summed E-state index contributed by atoms with van der Waals surface area (Å²) in [5.74, 6) is 0.744. The van der Waals surface area contributed by atoms with Gasteiger partial charge in [0.1, 0.15) is 11.8 Å². The lowest BCUT2D eigenvalue weighted by atomic mass is 10.1. The second kappa shape index (κ2) is 4.81. The minimum absolute atomic E-state index is 0.0196. The molecule has 0 aromatic heterocycles. The van der Waals surface area contributed by atoms with Gasteiger partial charge in [0.2, 0.25) is 0 Å². The fraction of sp³-hybridized carbons (Fsp3) is 0.417. The van der Waals surface area contributed by atoms with E-state index in [1.54, 1.807) is 6.92 Å². The van der Waals surface area contributed by atoms with Crippen LogP contribution in [0.4, 0.5) is 0 Å². The molecular formula is C12H16N2O. The van der Waals surface area contributed by atoms with Crippen molar-refractivity contribution in [3.8, 4) is 11.8 Å². The number of nitrogens with zero attached hydrogens (tertiary/aromatic N) is 1. The average molecular weight is 204 g/mol. The summed E-state index contributed by atoms with van der Waals surface area (Å²) in [7, 11) is 0. The van der Waals surface area contributed by atoms with Crippen LogP contribution in [0.15, 0.2) is 18.2 Å². The molecule has 1 aromatic carbocycles. The molecule has 0 aliphatic rings. The van der Waals surface area contributed by atoms with Crippen LogP contribution in [-0.4, -0.2) is 6.10 Å². The Balaban J connectivity index is 2.89. The molecular weight excluding hydrogens is 188 g/mol. The van der Waals surface area contributed by atoms with Crippen molar-refractivity contribution in [1.29, 1.82) is 5.26 Å². The van der Waals surface area contributed by atoms with Crippen LogP contribution in [0.3, 0.4) is 0 Å². The summed E-state index contributed by atoms with van der Waals surface area (Å²) in [5.41, 5.74) is 7.85. The molecule has 0 aliphatic heterocycles. The number of benzene rings is 1. The van der Waals surface area contributed by atoms with Gasteiger partial charge < -0.3 is 10.5 Å². The van der Waals surface area contributed by atoms with E-state index in [0.717, 1.165) is 16.9 Å². The van der Waals surface area contributed by atoms with Gasteiger partial charge in [0.15, 0.2) is 6.10 Å². The molecule has 0 saturated heterocycles. The largest absolute Gasteiger partial charge is 0.476 e. The van der Waals surface area contributed by atoms with Crippen LogP contribution in [0.1, 0.15) is 31.0 Å². The third-order valence-corrected chi connectivity index (χ3v) is 2.21. The molecule has 1 rings (SSSR count). The number of rotatable bonds is 3. The van der Waals surface area contributed by atoms with E-state index in [4.69, 9.17) is 15.7 Å². The number of nitrogens with two attached hydrogens (primary N) is 1. The maximum Gasteiger partial charge on any atom is 0.181 e. The van der Waals surface area contributed by atoms with Crippen molar-refractivity contribution in [2.24, 2.45) is 5.73 Å². The van der Waals surface area contributed by atoms with E-state index in [1.807, 2.05) is 38.1 Å².